The Balaban J connectivity index is 1.13. The van der Waals surface area contributed by atoms with E-state index in [4.69, 9.17) is 5.10 Å². The lowest BCUT2D eigenvalue weighted by Gasteiger charge is -2.14. The minimum absolute atomic E-state index is 0.0163. The molecule has 224 valence electrons. The summed E-state index contributed by atoms with van der Waals surface area (Å²) >= 11 is 0. The third kappa shape index (κ3) is 8.12. The zero-order valence-electron chi connectivity index (χ0n) is 24.7. The normalized spacial score (nSPS) is 12.2. The van der Waals surface area contributed by atoms with E-state index in [1.807, 2.05) is 0 Å². The van der Waals surface area contributed by atoms with Gasteiger partial charge in [-0.1, -0.05) is 62.8 Å². The molecule has 2 aromatic heterocycles. The number of rotatable bonds is 15. The summed E-state index contributed by atoms with van der Waals surface area (Å²) in [5.74, 6) is -0.271. The van der Waals surface area contributed by atoms with Gasteiger partial charge in [-0.15, -0.1) is 0 Å². The predicted octanol–water partition coefficient (Wildman–Crippen LogP) is 6.79. The molecule has 0 atom stereocenters. The number of hydrogen-bond donors (Lipinski definition) is 2. The van der Waals surface area contributed by atoms with Crippen LogP contribution >= 0.6 is 0 Å². The molecule has 0 aliphatic carbocycles. The average Bonchev–Trinajstić information content (AvgIpc) is 3.41. The topological polar surface area (TPSA) is 101 Å². The molecule has 5 rings (SSSR count). The van der Waals surface area contributed by atoms with Gasteiger partial charge in [0.25, 0.3) is 11.7 Å². The van der Waals surface area contributed by atoms with E-state index in [-0.39, 0.29) is 11.3 Å². The fourth-order valence-electron chi connectivity index (χ4n) is 5.37. The summed E-state index contributed by atoms with van der Waals surface area (Å²) in [5.41, 5.74) is 5.31. The van der Waals surface area contributed by atoms with Crippen molar-refractivity contribution in [2.45, 2.75) is 71.1 Å². The molecule has 4 aromatic rings. The number of amides is 1. The maximum absolute atomic E-state index is 15.0. The number of imidazole rings is 1. The van der Waals surface area contributed by atoms with Crippen LogP contribution in [0.1, 0.15) is 91.9 Å². The summed E-state index contributed by atoms with van der Waals surface area (Å²) in [6.07, 6.45) is 17.4. The Kier molecular flexibility index (Phi) is 10.3. The van der Waals surface area contributed by atoms with Crippen molar-refractivity contribution in [1.29, 1.82) is 0 Å². The van der Waals surface area contributed by atoms with E-state index in [1.54, 1.807) is 29.9 Å². The molecule has 8 nitrogen and oxygen atoms in total. The fraction of sp³-hybridized carbons (Fsp3) is 0.382. The van der Waals surface area contributed by atoms with Gasteiger partial charge in [0, 0.05) is 37.2 Å². The molecule has 0 unspecified atom stereocenters. The van der Waals surface area contributed by atoms with Crippen molar-refractivity contribution in [3.8, 4) is 11.3 Å². The minimum Gasteiger partial charge on any atom is -0.381 e. The zero-order valence-corrected chi connectivity index (χ0v) is 24.7. The molecule has 0 spiro atoms. The van der Waals surface area contributed by atoms with Gasteiger partial charge in [-0.25, -0.2) is 18.9 Å². The van der Waals surface area contributed by atoms with Crippen LogP contribution in [-0.4, -0.2) is 44.4 Å². The van der Waals surface area contributed by atoms with Crippen molar-refractivity contribution in [2.75, 3.05) is 18.4 Å². The third-order valence-electron chi connectivity index (χ3n) is 7.76. The first-order valence-corrected chi connectivity index (χ1v) is 15.3. The lowest BCUT2D eigenvalue weighted by molar-refractivity contribution is -0.117. The van der Waals surface area contributed by atoms with Crippen LogP contribution in [0, 0.1) is 5.82 Å². The van der Waals surface area contributed by atoms with Crippen LogP contribution < -0.4 is 10.6 Å². The maximum atomic E-state index is 15.0. The van der Waals surface area contributed by atoms with E-state index < -0.39 is 11.7 Å². The molecule has 0 bridgehead atoms. The van der Waals surface area contributed by atoms with Crippen molar-refractivity contribution in [1.82, 2.24) is 24.9 Å². The van der Waals surface area contributed by atoms with Crippen LogP contribution in [0.25, 0.3) is 23.1 Å². The van der Waals surface area contributed by atoms with Crippen molar-refractivity contribution in [2.24, 2.45) is 0 Å². The van der Waals surface area contributed by atoms with E-state index in [0.717, 1.165) is 74.0 Å². The maximum Gasteiger partial charge on any atom is 0.254 e. The number of anilines is 1. The van der Waals surface area contributed by atoms with Gasteiger partial charge in [-0.05, 0) is 55.2 Å². The minimum atomic E-state index is -0.594. The van der Waals surface area contributed by atoms with Crippen molar-refractivity contribution < 1.29 is 14.0 Å². The van der Waals surface area contributed by atoms with Crippen LogP contribution in [0.2, 0.25) is 0 Å². The molecule has 1 amide bonds. The fourth-order valence-corrected chi connectivity index (χ4v) is 5.37. The van der Waals surface area contributed by atoms with Gasteiger partial charge >= 0.3 is 0 Å². The number of nitrogens with one attached hydrogen (secondary N) is 2. The Morgan fingerprint density at radius 3 is 2.51 bits per heavy atom. The smallest absolute Gasteiger partial charge is 0.254 e. The van der Waals surface area contributed by atoms with Crippen LogP contribution in [0.4, 0.5) is 10.1 Å². The van der Waals surface area contributed by atoms with Crippen molar-refractivity contribution >= 4 is 29.2 Å². The Morgan fingerprint density at radius 2 is 1.72 bits per heavy atom. The first-order chi connectivity index (χ1) is 21.0. The summed E-state index contributed by atoms with van der Waals surface area (Å²) in [6.45, 7) is 2.99. The van der Waals surface area contributed by atoms with E-state index in [1.165, 1.54) is 18.6 Å². The zero-order chi connectivity index (χ0) is 30.0. The number of aromatic nitrogens is 4. The first kappa shape index (κ1) is 30.1. The largest absolute Gasteiger partial charge is 0.381 e. The number of unbranched alkanes of at least 4 members (excludes halogenated alkanes) is 7. The Bertz CT molecular complexity index is 1610. The second-order valence-corrected chi connectivity index (χ2v) is 11.2. The number of benzene rings is 2. The van der Waals surface area contributed by atoms with Gasteiger partial charge in [0.2, 0.25) is 0 Å². The van der Waals surface area contributed by atoms with Gasteiger partial charge in [0.05, 0.1) is 23.7 Å². The predicted molar refractivity (Wildman–Crippen MR) is 168 cm³/mol. The second kappa shape index (κ2) is 14.7. The highest BCUT2D eigenvalue weighted by Crippen LogP contribution is 2.24. The Labute approximate surface area is 251 Å². The van der Waals surface area contributed by atoms with Crippen LogP contribution in [0.5, 0.6) is 0 Å². The molecule has 1 aliphatic heterocycles. The number of carbonyl (C=O) groups excluding carboxylic acids is 2. The molecule has 2 N–H and O–H groups in total. The van der Waals surface area contributed by atoms with E-state index in [2.05, 4.69) is 51.0 Å². The Morgan fingerprint density at radius 1 is 0.953 bits per heavy atom. The van der Waals surface area contributed by atoms with Gasteiger partial charge in [0.15, 0.2) is 0 Å². The SMILES string of the molecule is CC(=O)CCCCCCCCCCNC(=O)c1ccc(-c2cnc3ncc(Cc4ccc5c(c4)C=CCN5)n3n2)cc1F. The van der Waals surface area contributed by atoms with Crippen LogP contribution in [0.3, 0.4) is 0 Å². The molecule has 3 heterocycles. The summed E-state index contributed by atoms with van der Waals surface area (Å²) < 4.78 is 16.7. The molecule has 0 fully saturated rings. The highest BCUT2D eigenvalue weighted by atomic mass is 19.1. The summed E-state index contributed by atoms with van der Waals surface area (Å²) in [4.78, 5) is 32.4. The lowest BCUT2D eigenvalue weighted by atomic mass is 10.0. The molecule has 0 saturated carbocycles. The van der Waals surface area contributed by atoms with E-state index in [0.29, 0.717) is 36.4 Å². The molecule has 9 heteroatoms. The number of nitrogens with zero attached hydrogens (tertiary/aromatic N) is 4. The van der Waals surface area contributed by atoms with Crippen LogP contribution in [0.15, 0.2) is 54.9 Å². The van der Waals surface area contributed by atoms with E-state index >= 15 is 4.39 Å². The molecular formula is C34H39FN6O2. The quantitative estimate of drug-likeness (QED) is 0.150. The van der Waals surface area contributed by atoms with E-state index in [9.17, 15) is 9.59 Å². The molecular weight excluding hydrogens is 543 g/mol. The molecule has 1 aliphatic rings. The number of Topliss-reactive ketones (excluding diaryl/α,β-unsaturated/α-hetero) is 1. The second-order valence-electron chi connectivity index (χ2n) is 11.2. The Hall–Kier alpha value is -4.40. The highest BCUT2D eigenvalue weighted by Gasteiger charge is 2.15. The van der Waals surface area contributed by atoms with Crippen molar-refractivity contribution in [3.63, 3.8) is 0 Å². The van der Waals surface area contributed by atoms with Crippen LogP contribution in [-0.2, 0) is 11.2 Å². The monoisotopic (exact) mass is 582 g/mol. The average molecular weight is 583 g/mol. The summed E-state index contributed by atoms with van der Waals surface area (Å²) in [5, 5.41) is 10.9. The molecule has 43 heavy (non-hydrogen) atoms. The standard InChI is InChI=1S/C34H39FN6O2/c1-24(42)11-8-6-4-2-3-5-7-9-17-37-33(43)29-15-14-27(21-30(29)35)32-23-39-34-38-22-28(41(34)40-32)20-25-13-16-31-26(19-25)12-10-18-36-31/h10,12-16,19,21-23,36H,2-9,11,17-18,20H2,1H3,(H,37,43). The van der Waals surface area contributed by atoms with Gasteiger partial charge in [0.1, 0.15) is 17.3 Å². The first-order valence-electron chi connectivity index (χ1n) is 15.3. The lowest BCUT2D eigenvalue weighted by Crippen LogP contribution is -2.25. The number of fused-ring (bicyclic) bond motifs is 2. The molecule has 2 aromatic carbocycles. The molecule has 0 saturated heterocycles. The number of halogens is 1. The van der Waals surface area contributed by atoms with Crippen molar-refractivity contribution in [3.05, 3.63) is 83.1 Å². The molecule has 0 radical (unpaired) electrons. The van der Waals surface area contributed by atoms with Gasteiger partial charge in [-0.2, -0.15) is 5.10 Å². The number of hydrogen-bond acceptors (Lipinski definition) is 6. The summed E-state index contributed by atoms with van der Waals surface area (Å²) in [6, 6.07) is 10.9. The number of carbonyl (C=O) groups is 2. The van der Waals surface area contributed by atoms with Gasteiger partial charge in [-0.3, -0.25) is 4.79 Å². The number of ketones is 1. The summed E-state index contributed by atoms with van der Waals surface area (Å²) in [7, 11) is 0. The third-order valence-corrected chi connectivity index (χ3v) is 7.76. The van der Waals surface area contributed by atoms with Gasteiger partial charge < -0.3 is 15.4 Å². The highest BCUT2D eigenvalue weighted by molar-refractivity contribution is 5.94.